The molecule has 0 bridgehead atoms. The van der Waals surface area contributed by atoms with Gasteiger partial charge in [0.2, 0.25) is 5.91 Å². The quantitative estimate of drug-likeness (QED) is 0.926. The number of rotatable bonds is 3. The lowest BCUT2D eigenvalue weighted by Crippen LogP contribution is -2.45. The molecule has 3 nitrogen and oxygen atoms in total. The van der Waals surface area contributed by atoms with Gasteiger partial charge in [-0.3, -0.25) is 4.79 Å². The van der Waals surface area contributed by atoms with Crippen LogP contribution in [0.5, 0.6) is 0 Å². The summed E-state index contributed by atoms with van der Waals surface area (Å²) in [5.41, 5.74) is 2.61. The van der Waals surface area contributed by atoms with Crippen molar-refractivity contribution >= 4 is 5.91 Å². The molecule has 3 rings (SSSR count). The lowest BCUT2D eigenvalue weighted by atomic mass is 9.81. The van der Waals surface area contributed by atoms with Crippen LogP contribution in [0.3, 0.4) is 0 Å². The zero-order valence-electron chi connectivity index (χ0n) is 13.0. The van der Waals surface area contributed by atoms with E-state index in [0.717, 1.165) is 58.3 Å². The highest BCUT2D eigenvalue weighted by Crippen LogP contribution is 2.34. The summed E-state index contributed by atoms with van der Waals surface area (Å²) in [5.74, 6) is 0.381. The van der Waals surface area contributed by atoms with Gasteiger partial charge in [-0.2, -0.15) is 0 Å². The second-order valence-corrected chi connectivity index (χ2v) is 6.56. The fraction of sp³-hybridized carbons (Fsp3) is 0.611. The van der Waals surface area contributed by atoms with Crippen LogP contribution in [-0.4, -0.2) is 30.4 Å². The molecule has 1 saturated heterocycles. The number of amides is 1. The summed E-state index contributed by atoms with van der Waals surface area (Å²) in [7, 11) is 0. The molecule has 2 heterocycles. The highest BCUT2D eigenvalue weighted by Gasteiger charge is 2.42. The van der Waals surface area contributed by atoms with Crippen molar-refractivity contribution in [3.63, 3.8) is 0 Å². The van der Waals surface area contributed by atoms with Gasteiger partial charge in [0.05, 0.1) is 5.41 Å². The topological polar surface area (TPSA) is 32.3 Å². The number of fused-ring (bicyclic) bond motifs is 1. The highest BCUT2D eigenvalue weighted by atomic mass is 16.2. The van der Waals surface area contributed by atoms with Gasteiger partial charge in [-0.15, -0.1) is 0 Å². The summed E-state index contributed by atoms with van der Waals surface area (Å²) in [4.78, 5) is 15.3. The van der Waals surface area contributed by atoms with Crippen LogP contribution in [0, 0.1) is 5.41 Å². The Morgan fingerprint density at radius 3 is 2.86 bits per heavy atom. The van der Waals surface area contributed by atoms with Crippen molar-refractivity contribution in [2.75, 3.05) is 19.6 Å². The van der Waals surface area contributed by atoms with Gasteiger partial charge in [0.25, 0.3) is 0 Å². The third kappa shape index (κ3) is 2.84. The van der Waals surface area contributed by atoms with E-state index in [4.69, 9.17) is 0 Å². The van der Waals surface area contributed by atoms with Crippen molar-refractivity contribution in [1.29, 1.82) is 0 Å². The largest absolute Gasteiger partial charge is 0.338 e. The molecule has 1 amide bonds. The zero-order chi connectivity index (χ0) is 14.7. The van der Waals surface area contributed by atoms with E-state index < -0.39 is 0 Å². The van der Waals surface area contributed by atoms with Gasteiger partial charge in [-0.1, -0.05) is 37.6 Å². The fourth-order valence-corrected chi connectivity index (χ4v) is 3.93. The second-order valence-electron chi connectivity index (χ2n) is 6.56. The van der Waals surface area contributed by atoms with Crippen molar-refractivity contribution < 1.29 is 4.79 Å². The highest BCUT2D eigenvalue weighted by molar-refractivity contribution is 5.83. The van der Waals surface area contributed by atoms with Crippen molar-refractivity contribution in [2.45, 2.75) is 45.6 Å². The molecule has 3 heteroatoms. The number of hydrogen-bond acceptors (Lipinski definition) is 2. The number of carbonyl (C=O) groups is 1. The summed E-state index contributed by atoms with van der Waals surface area (Å²) in [6.45, 7) is 5.72. The summed E-state index contributed by atoms with van der Waals surface area (Å²) < 4.78 is 0. The van der Waals surface area contributed by atoms with Crippen LogP contribution in [0.2, 0.25) is 0 Å². The molecule has 21 heavy (non-hydrogen) atoms. The molecule has 0 saturated carbocycles. The van der Waals surface area contributed by atoms with E-state index in [1.165, 1.54) is 11.1 Å². The van der Waals surface area contributed by atoms with Crippen molar-refractivity contribution in [2.24, 2.45) is 5.41 Å². The molecule has 1 unspecified atom stereocenters. The number of carbonyl (C=O) groups excluding carboxylic acids is 1. The number of aryl methyl sites for hydroxylation is 1. The maximum atomic E-state index is 13.2. The Hall–Kier alpha value is -1.35. The first-order valence-corrected chi connectivity index (χ1v) is 8.32. The smallest absolute Gasteiger partial charge is 0.230 e. The third-order valence-electron chi connectivity index (χ3n) is 5.07. The second kappa shape index (κ2) is 6.18. The van der Waals surface area contributed by atoms with E-state index in [0.29, 0.717) is 5.91 Å². The Labute approximate surface area is 127 Å². The molecule has 1 N–H and O–H groups in total. The van der Waals surface area contributed by atoms with Gasteiger partial charge < -0.3 is 10.2 Å². The lowest BCUT2D eigenvalue weighted by Gasteiger charge is -2.33. The van der Waals surface area contributed by atoms with E-state index >= 15 is 0 Å². The van der Waals surface area contributed by atoms with E-state index in [9.17, 15) is 4.79 Å². The van der Waals surface area contributed by atoms with Gasteiger partial charge >= 0.3 is 0 Å². The zero-order valence-corrected chi connectivity index (χ0v) is 13.0. The lowest BCUT2D eigenvalue weighted by molar-refractivity contribution is -0.142. The molecule has 0 aliphatic carbocycles. The van der Waals surface area contributed by atoms with Gasteiger partial charge in [-0.05, 0) is 43.4 Å². The van der Waals surface area contributed by atoms with Gasteiger partial charge in [0, 0.05) is 19.6 Å². The molecule has 1 aromatic carbocycles. The molecule has 1 fully saturated rings. The number of nitrogens with one attached hydrogen (secondary N) is 1. The van der Waals surface area contributed by atoms with Gasteiger partial charge in [0.1, 0.15) is 0 Å². The van der Waals surface area contributed by atoms with E-state index in [1.54, 1.807) is 0 Å². The normalized spacial score (nSPS) is 25.5. The van der Waals surface area contributed by atoms with Crippen LogP contribution in [0.25, 0.3) is 0 Å². The molecule has 0 spiro atoms. The Balaban J connectivity index is 1.81. The molecule has 0 aromatic heterocycles. The van der Waals surface area contributed by atoms with Gasteiger partial charge in [-0.25, -0.2) is 0 Å². The van der Waals surface area contributed by atoms with Crippen molar-refractivity contribution in [1.82, 2.24) is 10.2 Å². The van der Waals surface area contributed by atoms with Crippen molar-refractivity contribution in [3.05, 3.63) is 35.4 Å². The monoisotopic (exact) mass is 286 g/mol. The van der Waals surface area contributed by atoms with E-state index in [1.807, 2.05) is 0 Å². The summed E-state index contributed by atoms with van der Waals surface area (Å²) in [6, 6.07) is 8.59. The van der Waals surface area contributed by atoms with Crippen LogP contribution >= 0.6 is 0 Å². The number of nitrogens with zero attached hydrogens (tertiary/aromatic N) is 1. The Morgan fingerprint density at radius 2 is 2.14 bits per heavy atom. The van der Waals surface area contributed by atoms with Crippen LogP contribution in [0.1, 0.15) is 43.7 Å². The molecular formula is C18H26N2O. The van der Waals surface area contributed by atoms with Crippen LogP contribution < -0.4 is 5.32 Å². The van der Waals surface area contributed by atoms with Gasteiger partial charge in [0.15, 0.2) is 0 Å². The van der Waals surface area contributed by atoms with Crippen LogP contribution in [0.15, 0.2) is 24.3 Å². The minimum absolute atomic E-state index is 0.145. The standard InChI is InChI=1S/C18H26N2O/c1-2-9-18(10-11-19-14-18)17(21)20-12-5-8-15-6-3-4-7-16(15)13-20/h3-4,6-7,19H,2,5,8-14H2,1H3. The Bertz CT molecular complexity index is 506. The maximum Gasteiger partial charge on any atom is 0.230 e. The predicted octanol–water partition coefficient (Wildman–Crippen LogP) is 2.74. The average Bonchev–Trinajstić information content (AvgIpc) is 2.86. The van der Waals surface area contributed by atoms with Crippen LogP contribution in [-0.2, 0) is 17.8 Å². The Kier molecular flexibility index (Phi) is 4.29. The van der Waals surface area contributed by atoms with Crippen LogP contribution in [0.4, 0.5) is 0 Å². The molecule has 2 aliphatic rings. The number of benzene rings is 1. The SMILES string of the molecule is CCCC1(C(=O)N2CCCc3ccccc3C2)CCNC1. The first-order valence-electron chi connectivity index (χ1n) is 8.32. The van der Waals surface area contributed by atoms with Crippen molar-refractivity contribution in [3.8, 4) is 0 Å². The minimum atomic E-state index is -0.145. The molecule has 0 radical (unpaired) electrons. The third-order valence-corrected chi connectivity index (χ3v) is 5.07. The summed E-state index contributed by atoms with van der Waals surface area (Å²) in [6.07, 6.45) is 5.27. The molecule has 1 aromatic rings. The Morgan fingerprint density at radius 1 is 1.33 bits per heavy atom. The average molecular weight is 286 g/mol. The predicted molar refractivity (Wildman–Crippen MR) is 85.0 cm³/mol. The van der Waals surface area contributed by atoms with E-state index in [2.05, 4.69) is 41.4 Å². The molecule has 2 aliphatic heterocycles. The minimum Gasteiger partial charge on any atom is -0.338 e. The first-order chi connectivity index (χ1) is 10.2. The fourth-order valence-electron chi connectivity index (χ4n) is 3.93. The van der Waals surface area contributed by atoms with E-state index in [-0.39, 0.29) is 5.41 Å². The summed E-state index contributed by atoms with van der Waals surface area (Å²) in [5, 5.41) is 3.41. The number of hydrogen-bond donors (Lipinski definition) is 1. The maximum absolute atomic E-state index is 13.2. The molecular weight excluding hydrogens is 260 g/mol. The first kappa shape index (κ1) is 14.6. The summed E-state index contributed by atoms with van der Waals surface area (Å²) >= 11 is 0. The molecule has 1 atom stereocenters. The molecule has 114 valence electrons.